The van der Waals surface area contributed by atoms with E-state index in [-0.39, 0.29) is 25.1 Å². The molecule has 17 heavy (non-hydrogen) atoms. The molecule has 4 N–H and O–H groups in total. The van der Waals surface area contributed by atoms with Crippen molar-refractivity contribution in [1.29, 1.82) is 0 Å². The first kappa shape index (κ1) is 15.6. The number of hydrogen-bond donors (Lipinski definition) is 3. The number of aliphatic carboxylic acids is 1. The first-order chi connectivity index (χ1) is 7.61. The summed E-state index contributed by atoms with van der Waals surface area (Å²) in [5.74, 6) is -0.966. The number of carbonyl (C=O) groups is 1. The minimum absolute atomic E-state index is 0. The van der Waals surface area contributed by atoms with Crippen LogP contribution >= 0.6 is 12.4 Å². The van der Waals surface area contributed by atoms with Gasteiger partial charge in [-0.2, -0.15) is 0 Å². The number of halogens is 1. The highest BCUT2D eigenvalue weighted by Crippen LogP contribution is 2.07. The molecule has 0 heterocycles. The van der Waals surface area contributed by atoms with Crippen LogP contribution in [0.25, 0.3) is 6.08 Å². The van der Waals surface area contributed by atoms with E-state index in [2.05, 4.69) is 0 Å². The molecule has 0 aliphatic heterocycles. The van der Waals surface area contributed by atoms with E-state index in [1.54, 1.807) is 0 Å². The fraction of sp³-hybridized carbons (Fsp3) is 0.250. The summed E-state index contributed by atoms with van der Waals surface area (Å²) < 4.78 is 0. The molecule has 0 saturated heterocycles. The SMILES string of the molecule is Cl.NC(CO)Cc1ccc(/C=C/C(=O)O)cc1. The Morgan fingerprint density at radius 3 is 2.41 bits per heavy atom. The van der Waals surface area contributed by atoms with E-state index in [9.17, 15) is 4.79 Å². The van der Waals surface area contributed by atoms with Crippen LogP contribution in [0.15, 0.2) is 30.3 Å². The Bertz CT molecular complexity index is 376. The van der Waals surface area contributed by atoms with Gasteiger partial charge in [-0.1, -0.05) is 24.3 Å². The molecule has 0 saturated carbocycles. The van der Waals surface area contributed by atoms with Crippen LogP contribution < -0.4 is 5.73 Å². The summed E-state index contributed by atoms with van der Waals surface area (Å²) in [6, 6.07) is 7.13. The maximum Gasteiger partial charge on any atom is 0.328 e. The van der Waals surface area contributed by atoms with Crippen molar-refractivity contribution < 1.29 is 15.0 Å². The van der Waals surface area contributed by atoms with Gasteiger partial charge in [0.15, 0.2) is 0 Å². The highest BCUT2D eigenvalue weighted by molar-refractivity contribution is 5.85. The van der Waals surface area contributed by atoms with E-state index in [0.717, 1.165) is 17.2 Å². The molecule has 0 aliphatic rings. The molecule has 94 valence electrons. The van der Waals surface area contributed by atoms with Gasteiger partial charge < -0.3 is 15.9 Å². The second kappa shape index (κ2) is 7.84. The van der Waals surface area contributed by atoms with Crippen LogP contribution in [-0.4, -0.2) is 28.8 Å². The monoisotopic (exact) mass is 257 g/mol. The Morgan fingerprint density at radius 1 is 1.35 bits per heavy atom. The smallest absolute Gasteiger partial charge is 0.328 e. The van der Waals surface area contributed by atoms with Crippen LogP contribution in [-0.2, 0) is 11.2 Å². The van der Waals surface area contributed by atoms with Gasteiger partial charge in [0.05, 0.1) is 6.61 Å². The van der Waals surface area contributed by atoms with Crippen LogP contribution in [0.4, 0.5) is 0 Å². The third kappa shape index (κ3) is 6.06. The predicted molar refractivity (Wildman–Crippen MR) is 69.1 cm³/mol. The largest absolute Gasteiger partial charge is 0.478 e. The number of carboxylic acid groups (broad SMARTS) is 1. The zero-order valence-corrected chi connectivity index (χ0v) is 10.1. The van der Waals surface area contributed by atoms with Gasteiger partial charge in [-0.25, -0.2) is 4.79 Å². The number of hydrogen-bond acceptors (Lipinski definition) is 3. The van der Waals surface area contributed by atoms with Crippen molar-refractivity contribution >= 4 is 24.5 Å². The predicted octanol–water partition coefficient (Wildman–Crippen LogP) is 1.07. The minimum atomic E-state index is -0.966. The fourth-order valence-electron chi connectivity index (χ4n) is 1.30. The van der Waals surface area contributed by atoms with Crippen molar-refractivity contribution in [3.8, 4) is 0 Å². The lowest BCUT2D eigenvalue weighted by Crippen LogP contribution is -2.26. The van der Waals surface area contributed by atoms with Gasteiger partial charge in [-0.3, -0.25) is 0 Å². The summed E-state index contributed by atoms with van der Waals surface area (Å²) in [5.41, 5.74) is 7.44. The quantitative estimate of drug-likeness (QED) is 0.689. The number of aliphatic hydroxyl groups is 1. The molecule has 0 radical (unpaired) electrons. The van der Waals surface area contributed by atoms with Crippen molar-refractivity contribution in [2.24, 2.45) is 5.73 Å². The van der Waals surface area contributed by atoms with E-state index >= 15 is 0 Å². The Morgan fingerprint density at radius 2 is 1.94 bits per heavy atom. The average Bonchev–Trinajstić information content (AvgIpc) is 2.28. The van der Waals surface area contributed by atoms with Gasteiger partial charge in [0.2, 0.25) is 0 Å². The third-order valence-electron chi connectivity index (χ3n) is 2.13. The van der Waals surface area contributed by atoms with Crippen LogP contribution in [0.5, 0.6) is 0 Å². The molecule has 0 fully saturated rings. The molecule has 5 heteroatoms. The lowest BCUT2D eigenvalue weighted by atomic mass is 10.0. The average molecular weight is 258 g/mol. The molecular weight excluding hydrogens is 242 g/mol. The molecule has 0 aliphatic carbocycles. The highest BCUT2D eigenvalue weighted by atomic mass is 35.5. The lowest BCUT2D eigenvalue weighted by molar-refractivity contribution is -0.131. The number of aliphatic hydroxyl groups excluding tert-OH is 1. The summed E-state index contributed by atoms with van der Waals surface area (Å²) >= 11 is 0. The van der Waals surface area contributed by atoms with Gasteiger partial charge in [-0.05, 0) is 23.6 Å². The number of carboxylic acids is 1. The number of rotatable bonds is 5. The summed E-state index contributed by atoms with van der Waals surface area (Å²) in [6.07, 6.45) is 3.23. The molecular formula is C12H16ClNO3. The maximum atomic E-state index is 10.3. The lowest BCUT2D eigenvalue weighted by Gasteiger charge is -2.07. The van der Waals surface area contributed by atoms with Crippen molar-refractivity contribution in [2.75, 3.05) is 6.61 Å². The summed E-state index contributed by atoms with van der Waals surface area (Å²) in [6.45, 7) is -0.0410. The van der Waals surface area contributed by atoms with Crippen LogP contribution in [0.3, 0.4) is 0 Å². The molecule has 1 rings (SSSR count). The summed E-state index contributed by atoms with van der Waals surface area (Å²) in [7, 11) is 0. The Labute approximate surface area is 106 Å². The van der Waals surface area contributed by atoms with Crippen molar-refractivity contribution in [2.45, 2.75) is 12.5 Å². The molecule has 0 bridgehead atoms. The van der Waals surface area contributed by atoms with E-state index in [4.69, 9.17) is 15.9 Å². The molecule has 1 atom stereocenters. The maximum absolute atomic E-state index is 10.3. The summed E-state index contributed by atoms with van der Waals surface area (Å²) in [4.78, 5) is 10.3. The summed E-state index contributed by atoms with van der Waals surface area (Å²) in [5, 5.41) is 17.2. The Hall–Kier alpha value is -1.36. The standard InChI is InChI=1S/C12H15NO3.ClH/c13-11(8-14)7-10-3-1-9(2-4-10)5-6-12(15)16;/h1-6,11,14H,7-8,13H2,(H,15,16);1H/b6-5+;. The topological polar surface area (TPSA) is 83.5 Å². The van der Waals surface area contributed by atoms with E-state index < -0.39 is 5.97 Å². The van der Waals surface area contributed by atoms with Crippen LogP contribution in [0, 0.1) is 0 Å². The van der Waals surface area contributed by atoms with Gasteiger partial charge in [-0.15, -0.1) is 12.4 Å². The van der Waals surface area contributed by atoms with E-state index in [1.807, 2.05) is 24.3 Å². The Kier molecular flexibility index (Phi) is 7.21. The van der Waals surface area contributed by atoms with Crippen LogP contribution in [0.1, 0.15) is 11.1 Å². The van der Waals surface area contributed by atoms with Gasteiger partial charge in [0.1, 0.15) is 0 Å². The number of benzene rings is 1. The van der Waals surface area contributed by atoms with Gasteiger partial charge in [0.25, 0.3) is 0 Å². The Balaban J connectivity index is 0.00000256. The van der Waals surface area contributed by atoms with Crippen molar-refractivity contribution in [1.82, 2.24) is 0 Å². The second-order valence-electron chi connectivity index (χ2n) is 3.56. The second-order valence-corrected chi connectivity index (χ2v) is 3.56. The van der Waals surface area contributed by atoms with Gasteiger partial charge >= 0.3 is 5.97 Å². The first-order valence-electron chi connectivity index (χ1n) is 4.98. The minimum Gasteiger partial charge on any atom is -0.478 e. The molecule has 0 amide bonds. The van der Waals surface area contributed by atoms with Gasteiger partial charge in [0, 0.05) is 12.1 Å². The molecule has 1 unspecified atom stereocenters. The normalized spacial score (nSPS) is 12.1. The molecule has 0 aromatic heterocycles. The van der Waals surface area contributed by atoms with Crippen LogP contribution in [0.2, 0.25) is 0 Å². The highest BCUT2D eigenvalue weighted by Gasteiger charge is 2.01. The fourth-order valence-corrected chi connectivity index (χ4v) is 1.30. The first-order valence-corrected chi connectivity index (χ1v) is 4.98. The van der Waals surface area contributed by atoms with Crippen molar-refractivity contribution in [3.63, 3.8) is 0 Å². The third-order valence-corrected chi connectivity index (χ3v) is 2.13. The van der Waals surface area contributed by atoms with E-state index in [1.165, 1.54) is 6.08 Å². The molecule has 4 nitrogen and oxygen atoms in total. The van der Waals surface area contributed by atoms with E-state index in [0.29, 0.717) is 6.42 Å². The zero-order chi connectivity index (χ0) is 12.0. The molecule has 1 aromatic rings. The molecule has 0 spiro atoms. The number of nitrogens with two attached hydrogens (primary N) is 1. The molecule has 1 aromatic carbocycles. The van der Waals surface area contributed by atoms with Crippen molar-refractivity contribution in [3.05, 3.63) is 41.5 Å². The zero-order valence-electron chi connectivity index (χ0n) is 9.24.